The van der Waals surface area contributed by atoms with Gasteiger partial charge in [-0.05, 0) is 44.1 Å². The van der Waals surface area contributed by atoms with Gasteiger partial charge in [0.2, 0.25) is 5.89 Å². The van der Waals surface area contributed by atoms with Crippen LogP contribution in [0.5, 0.6) is 0 Å². The number of fused-ring (bicyclic) bond motifs is 2. The van der Waals surface area contributed by atoms with Gasteiger partial charge in [-0.2, -0.15) is 4.98 Å². The second kappa shape index (κ2) is 6.23. The summed E-state index contributed by atoms with van der Waals surface area (Å²) >= 11 is 0. The third-order valence-electron chi connectivity index (χ3n) is 5.61. The first-order chi connectivity index (χ1) is 9.79. The van der Waals surface area contributed by atoms with Crippen molar-refractivity contribution in [2.24, 2.45) is 17.8 Å². The lowest BCUT2D eigenvalue weighted by Gasteiger charge is -2.30. The molecular formula is C15H25ClN4O. The first-order valence-electron chi connectivity index (χ1n) is 8.03. The summed E-state index contributed by atoms with van der Waals surface area (Å²) in [4.78, 5) is 6.98. The molecule has 2 aliphatic carbocycles. The molecule has 4 atom stereocenters. The summed E-state index contributed by atoms with van der Waals surface area (Å²) in [5.41, 5.74) is 0. The standard InChI is InChI=1S/C15H24N4O.ClH/c1-19-5-4-16-9-13(19)15-17-14(20-18-15)8-12-7-10-2-3-11(12)6-10;/h10-13,16H,2-9H2,1H3;1H. The van der Waals surface area contributed by atoms with Gasteiger partial charge in [0.15, 0.2) is 5.82 Å². The maximum atomic E-state index is 5.52. The Hall–Kier alpha value is -0.650. The van der Waals surface area contributed by atoms with Crippen molar-refractivity contribution in [3.8, 4) is 0 Å². The van der Waals surface area contributed by atoms with Gasteiger partial charge >= 0.3 is 0 Å². The van der Waals surface area contributed by atoms with Gasteiger partial charge < -0.3 is 9.84 Å². The highest BCUT2D eigenvalue weighted by atomic mass is 35.5. The van der Waals surface area contributed by atoms with Crippen molar-refractivity contribution >= 4 is 12.4 Å². The predicted molar refractivity (Wildman–Crippen MR) is 82.4 cm³/mol. The molecule has 2 bridgehead atoms. The smallest absolute Gasteiger partial charge is 0.226 e. The van der Waals surface area contributed by atoms with E-state index in [0.29, 0.717) is 0 Å². The topological polar surface area (TPSA) is 54.2 Å². The van der Waals surface area contributed by atoms with Crippen molar-refractivity contribution in [2.75, 3.05) is 26.7 Å². The monoisotopic (exact) mass is 312 g/mol. The number of nitrogens with zero attached hydrogens (tertiary/aromatic N) is 3. The van der Waals surface area contributed by atoms with E-state index in [-0.39, 0.29) is 18.4 Å². The van der Waals surface area contributed by atoms with Gasteiger partial charge in [0.25, 0.3) is 0 Å². The van der Waals surface area contributed by atoms with Crippen LogP contribution < -0.4 is 5.32 Å². The summed E-state index contributed by atoms with van der Waals surface area (Å²) in [5, 5.41) is 7.63. The van der Waals surface area contributed by atoms with E-state index >= 15 is 0 Å². The number of hydrogen-bond donors (Lipinski definition) is 1. The quantitative estimate of drug-likeness (QED) is 0.925. The van der Waals surface area contributed by atoms with Gasteiger partial charge in [0.1, 0.15) is 0 Å². The molecule has 5 nitrogen and oxygen atoms in total. The van der Waals surface area contributed by atoms with E-state index in [2.05, 4.69) is 27.4 Å². The Morgan fingerprint density at radius 3 is 2.95 bits per heavy atom. The number of rotatable bonds is 3. The second-order valence-corrected chi connectivity index (χ2v) is 6.89. The van der Waals surface area contributed by atoms with Crippen LogP contribution in [0.15, 0.2) is 4.52 Å². The van der Waals surface area contributed by atoms with E-state index < -0.39 is 0 Å². The minimum atomic E-state index is 0. The van der Waals surface area contributed by atoms with Crippen LogP contribution in [0.1, 0.15) is 43.4 Å². The highest BCUT2D eigenvalue weighted by Crippen LogP contribution is 2.49. The van der Waals surface area contributed by atoms with Gasteiger partial charge in [0.05, 0.1) is 6.04 Å². The Balaban J connectivity index is 0.00000132. The summed E-state index contributed by atoms with van der Waals surface area (Å²) in [5.74, 6) is 4.43. The zero-order valence-corrected chi connectivity index (χ0v) is 13.4. The third-order valence-corrected chi connectivity index (χ3v) is 5.61. The molecule has 4 rings (SSSR count). The van der Waals surface area contributed by atoms with Crippen LogP contribution in [0, 0.1) is 17.8 Å². The highest BCUT2D eigenvalue weighted by molar-refractivity contribution is 5.85. The van der Waals surface area contributed by atoms with Gasteiger partial charge in [0, 0.05) is 26.1 Å². The zero-order valence-electron chi connectivity index (χ0n) is 12.6. The van der Waals surface area contributed by atoms with Crippen LogP contribution in [0.25, 0.3) is 0 Å². The summed E-state index contributed by atoms with van der Waals surface area (Å²) in [6, 6.07) is 0.265. The molecule has 0 radical (unpaired) electrons. The van der Waals surface area contributed by atoms with Crippen LogP contribution in [-0.4, -0.2) is 41.7 Å². The average molecular weight is 313 g/mol. The van der Waals surface area contributed by atoms with Crippen molar-refractivity contribution < 1.29 is 4.52 Å². The van der Waals surface area contributed by atoms with E-state index in [1.54, 1.807) is 0 Å². The molecule has 1 N–H and O–H groups in total. The molecule has 0 spiro atoms. The van der Waals surface area contributed by atoms with Crippen molar-refractivity contribution in [3.63, 3.8) is 0 Å². The van der Waals surface area contributed by atoms with E-state index in [1.165, 1.54) is 25.7 Å². The van der Waals surface area contributed by atoms with E-state index in [9.17, 15) is 0 Å². The molecule has 1 aromatic heterocycles. The minimum Gasteiger partial charge on any atom is -0.339 e. The molecule has 0 amide bonds. The molecule has 1 aliphatic heterocycles. The normalized spacial score (nSPS) is 35.9. The Bertz CT molecular complexity index is 480. The molecule has 1 aromatic rings. The molecule has 4 unspecified atom stereocenters. The van der Waals surface area contributed by atoms with Crippen molar-refractivity contribution in [1.29, 1.82) is 0 Å². The highest BCUT2D eigenvalue weighted by Gasteiger charge is 2.40. The lowest BCUT2D eigenvalue weighted by Crippen LogP contribution is -2.44. The largest absolute Gasteiger partial charge is 0.339 e. The summed E-state index contributed by atoms with van der Waals surface area (Å²) in [6.45, 7) is 3.01. The fraction of sp³-hybridized carbons (Fsp3) is 0.867. The van der Waals surface area contributed by atoms with Gasteiger partial charge in [-0.25, -0.2) is 0 Å². The van der Waals surface area contributed by atoms with Crippen molar-refractivity contribution in [1.82, 2.24) is 20.4 Å². The summed E-state index contributed by atoms with van der Waals surface area (Å²) in [7, 11) is 2.14. The maximum absolute atomic E-state index is 5.52. The molecule has 21 heavy (non-hydrogen) atoms. The Kier molecular flexibility index (Phi) is 4.52. The first kappa shape index (κ1) is 15.3. The molecule has 6 heteroatoms. The summed E-state index contributed by atoms with van der Waals surface area (Å²) < 4.78 is 5.52. The van der Waals surface area contributed by atoms with Crippen LogP contribution in [0.3, 0.4) is 0 Å². The lowest BCUT2D eigenvalue weighted by molar-refractivity contribution is 0.190. The number of likely N-dealkylation sites (N-methyl/N-ethyl adjacent to an activating group) is 1. The fourth-order valence-electron chi connectivity index (χ4n) is 4.43. The number of aromatic nitrogens is 2. The first-order valence-corrected chi connectivity index (χ1v) is 8.03. The maximum Gasteiger partial charge on any atom is 0.226 e. The van der Waals surface area contributed by atoms with Crippen LogP contribution in [0.2, 0.25) is 0 Å². The Morgan fingerprint density at radius 2 is 2.24 bits per heavy atom. The predicted octanol–water partition coefficient (Wildman–Crippen LogP) is 2.05. The molecule has 118 valence electrons. The van der Waals surface area contributed by atoms with Gasteiger partial charge in [-0.3, -0.25) is 4.90 Å². The Morgan fingerprint density at radius 1 is 1.33 bits per heavy atom. The van der Waals surface area contributed by atoms with Crippen molar-refractivity contribution in [3.05, 3.63) is 11.7 Å². The lowest BCUT2D eigenvalue weighted by atomic mass is 9.86. The van der Waals surface area contributed by atoms with Crippen molar-refractivity contribution in [2.45, 2.75) is 38.1 Å². The molecule has 1 saturated heterocycles. The second-order valence-electron chi connectivity index (χ2n) is 6.89. The molecule has 0 aromatic carbocycles. The SMILES string of the molecule is CN1CCNCC1c1noc(CC2CC3CCC2C3)n1.Cl. The number of piperazine rings is 1. The number of hydrogen-bond acceptors (Lipinski definition) is 5. The molecule has 2 heterocycles. The fourth-order valence-corrected chi connectivity index (χ4v) is 4.43. The van der Waals surface area contributed by atoms with Crippen LogP contribution >= 0.6 is 12.4 Å². The van der Waals surface area contributed by atoms with Crippen LogP contribution in [0.4, 0.5) is 0 Å². The third kappa shape index (κ3) is 2.96. The Labute approximate surface area is 132 Å². The van der Waals surface area contributed by atoms with E-state index in [4.69, 9.17) is 4.52 Å². The summed E-state index contributed by atoms with van der Waals surface area (Å²) in [6.07, 6.45) is 6.70. The zero-order chi connectivity index (χ0) is 13.5. The van der Waals surface area contributed by atoms with Crippen LogP contribution in [-0.2, 0) is 6.42 Å². The number of halogens is 1. The van der Waals surface area contributed by atoms with E-state index in [0.717, 1.165) is 55.5 Å². The molecule has 2 saturated carbocycles. The number of nitrogens with one attached hydrogen (secondary N) is 1. The van der Waals surface area contributed by atoms with E-state index in [1.807, 2.05) is 0 Å². The van der Waals surface area contributed by atoms with Gasteiger partial charge in [-0.15, -0.1) is 12.4 Å². The van der Waals surface area contributed by atoms with Gasteiger partial charge in [-0.1, -0.05) is 11.6 Å². The molecule has 3 aliphatic rings. The average Bonchev–Trinajstić information content (AvgIpc) is 3.16. The minimum absolute atomic E-state index is 0. The molecule has 3 fully saturated rings. The molecular weight excluding hydrogens is 288 g/mol.